The lowest BCUT2D eigenvalue weighted by molar-refractivity contribution is -0.135. The van der Waals surface area contributed by atoms with Crippen molar-refractivity contribution in [2.75, 3.05) is 19.8 Å². The normalized spacial score (nSPS) is 28.2. The summed E-state index contributed by atoms with van der Waals surface area (Å²) in [4.78, 5) is 9.41. The number of hydrogen-bond donors (Lipinski definition) is 3. The largest absolute Gasteiger partial charge is 0.389 e. The van der Waals surface area contributed by atoms with E-state index in [0.29, 0.717) is 19.1 Å². The second-order valence-electron chi connectivity index (χ2n) is 5.52. The molecule has 0 bridgehead atoms. The number of aliphatic hydroxyl groups excluding tert-OH is 2. The maximum absolute atomic E-state index is 10.1. The zero-order valence-electron chi connectivity index (χ0n) is 11.5. The van der Waals surface area contributed by atoms with Gasteiger partial charge in [0, 0.05) is 18.9 Å². The second-order valence-corrected chi connectivity index (χ2v) is 5.52. The van der Waals surface area contributed by atoms with E-state index in [1.807, 2.05) is 0 Å². The number of aromatic amines is 1. The van der Waals surface area contributed by atoms with Crippen molar-refractivity contribution in [3.8, 4) is 0 Å². The molecule has 0 radical (unpaired) electrons. The van der Waals surface area contributed by atoms with E-state index in [1.165, 1.54) is 0 Å². The highest BCUT2D eigenvalue weighted by Crippen LogP contribution is 2.18. The van der Waals surface area contributed by atoms with Gasteiger partial charge in [-0.1, -0.05) is 13.8 Å². The van der Waals surface area contributed by atoms with Gasteiger partial charge in [-0.2, -0.15) is 0 Å². The summed E-state index contributed by atoms with van der Waals surface area (Å²) < 4.78 is 5.36. The first-order chi connectivity index (χ1) is 9.08. The third-order valence-corrected chi connectivity index (χ3v) is 3.34. The molecule has 0 aliphatic carbocycles. The molecular weight excluding hydrogens is 246 g/mol. The highest BCUT2D eigenvalue weighted by Gasteiger charge is 2.35. The number of H-pyrrole nitrogens is 1. The quantitative estimate of drug-likeness (QED) is 0.700. The minimum Gasteiger partial charge on any atom is -0.389 e. The maximum atomic E-state index is 10.1. The Morgan fingerprint density at radius 3 is 2.89 bits per heavy atom. The van der Waals surface area contributed by atoms with Gasteiger partial charge < -0.3 is 19.9 Å². The molecular formula is C13H23N3O3. The monoisotopic (exact) mass is 269 g/mol. The zero-order valence-corrected chi connectivity index (χ0v) is 11.5. The Morgan fingerprint density at radius 2 is 2.26 bits per heavy atom. The Kier molecular flexibility index (Phi) is 4.93. The lowest BCUT2D eigenvalue weighted by atomic mass is 10.0. The molecule has 1 aliphatic rings. The summed E-state index contributed by atoms with van der Waals surface area (Å²) in [7, 11) is 0. The summed E-state index contributed by atoms with van der Waals surface area (Å²) in [5.41, 5.74) is 0. The van der Waals surface area contributed by atoms with Crippen LogP contribution in [-0.4, -0.2) is 63.1 Å². The first-order valence-corrected chi connectivity index (χ1v) is 6.74. The molecule has 0 amide bonds. The van der Waals surface area contributed by atoms with Gasteiger partial charge in [0.15, 0.2) is 0 Å². The van der Waals surface area contributed by atoms with Gasteiger partial charge in [0.25, 0.3) is 0 Å². The van der Waals surface area contributed by atoms with Crippen molar-refractivity contribution in [3.63, 3.8) is 0 Å². The van der Waals surface area contributed by atoms with Gasteiger partial charge in [0.2, 0.25) is 0 Å². The standard InChI is InChI=1S/C13H23N3O3/c1-9(2)5-16(6-12-14-3-4-15-12)10-7-19-8-11(17)13(10)18/h3-4,9-11,13,17-18H,5-8H2,1-2H3,(H,14,15)/t10-,11-,13+/m1/s1. The van der Waals surface area contributed by atoms with Crippen LogP contribution < -0.4 is 0 Å². The van der Waals surface area contributed by atoms with Gasteiger partial charge in [-0.15, -0.1) is 0 Å². The van der Waals surface area contributed by atoms with E-state index in [4.69, 9.17) is 4.74 Å². The van der Waals surface area contributed by atoms with Gasteiger partial charge in [0.1, 0.15) is 11.9 Å². The average molecular weight is 269 g/mol. The Hall–Kier alpha value is -0.950. The van der Waals surface area contributed by atoms with Gasteiger partial charge in [0.05, 0.1) is 31.9 Å². The van der Waals surface area contributed by atoms with Crippen molar-refractivity contribution in [2.24, 2.45) is 5.92 Å². The summed E-state index contributed by atoms with van der Waals surface area (Å²) in [6.45, 7) is 6.32. The fraction of sp³-hybridized carbons (Fsp3) is 0.769. The molecule has 2 heterocycles. The molecule has 19 heavy (non-hydrogen) atoms. The third-order valence-electron chi connectivity index (χ3n) is 3.34. The van der Waals surface area contributed by atoms with Crippen LogP contribution in [0, 0.1) is 5.92 Å². The molecule has 3 N–H and O–H groups in total. The summed E-state index contributed by atoms with van der Waals surface area (Å²) in [5, 5.41) is 19.9. The van der Waals surface area contributed by atoms with Crippen LogP contribution in [-0.2, 0) is 11.3 Å². The molecule has 0 aromatic carbocycles. The minimum atomic E-state index is -0.815. The van der Waals surface area contributed by atoms with Crippen LogP contribution in [0.1, 0.15) is 19.7 Å². The summed E-state index contributed by atoms with van der Waals surface area (Å²) in [6.07, 6.45) is 1.91. The number of nitrogens with zero attached hydrogens (tertiary/aromatic N) is 2. The molecule has 1 fully saturated rings. The van der Waals surface area contributed by atoms with E-state index in [9.17, 15) is 10.2 Å². The highest BCUT2D eigenvalue weighted by molar-refractivity contribution is 4.92. The number of aliphatic hydroxyl groups is 2. The van der Waals surface area contributed by atoms with Crippen LogP contribution in [0.4, 0.5) is 0 Å². The van der Waals surface area contributed by atoms with Crippen LogP contribution in [0.15, 0.2) is 12.4 Å². The molecule has 6 nitrogen and oxygen atoms in total. The predicted molar refractivity (Wildman–Crippen MR) is 70.5 cm³/mol. The van der Waals surface area contributed by atoms with E-state index in [-0.39, 0.29) is 12.6 Å². The molecule has 1 saturated heterocycles. The molecule has 6 heteroatoms. The Morgan fingerprint density at radius 1 is 1.47 bits per heavy atom. The second kappa shape index (κ2) is 6.47. The van der Waals surface area contributed by atoms with Crippen molar-refractivity contribution in [2.45, 2.75) is 38.6 Å². The molecule has 1 aliphatic heterocycles. The maximum Gasteiger partial charge on any atom is 0.120 e. The lowest BCUT2D eigenvalue weighted by Crippen LogP contribution is -2.56. The summed E-state index contributed by atoms with van der Waals surface area (Å²) in [6, 6.07) is -0.198. The van der Waals surface area contributed by atoms with Gasteiger partial charge in [-0.3, -0.25) is 4.90 Å². The smallest absolute Gasteiger partial charge is 0.120 e. The molecule has 3 atom stereocenters. The fourth-order valence-corrected chi connectivity index (χ4v) is 2.45. The van der Waals surface area contributed by atoms with E-state index in [1.54, 1.807) is 12.4 Å². The number of rotatable bonds is 5. The Balaban J connectivity index is 2.07. The topological polar surface area (TPSA) is 81.6 Å². The van der Waals surface area contributed by atoms with Crippen molar-refractivity contribution in [3.05, 3.63) is 18.2 Å². The molecule has 108 valence electrons. The first kappa shape index (κ1) is 14.5. The first-order valence-electron chi connectivity index (χ1n) is 6.74. The van der Waals surface area contributed by atoms with Crippen molar-refractivity contribution < 1.29 is 14.9 Å². The Labute approximate surface area is 113 Å². The van der Waals surface area contributed by atoms with Crippen molar-refractivity contribution in [1.82, 2.24) is 14.9 Å². The zero-order chi connectivity index (χ0) is 13.8. The van der Waals surface area contributed by atoms with E-state index in [2.05, 4.69) is 28.7 Å². The highest BCUT2D eigenvalue weighted by atomic mass is 16.5. The number of nitrogens with one attached hydrogen (secondary N) is 1. The van der Waals surface area contributed by atoms with E-state index in [0.717, 1.165) is 12.4 Å². The minimum absolute atomic E-state index is 0.198. The van der Waals surface area contributed by atoms with Crippen LogP contribution in [0.25, 0.3) is 0 Å². The molecule has 0 saturated carbocycles. The molecule has 1 aromatic heterocycles. The van der Waals surface area contributed by atoms with Crippen LogP contribution in [0.2, 0.25) is 0 Å². The molecule has 0 unspecified atom stereocenters. The number of ether oxygens (including phenoxy) is 1. The van der Waals surface area contributed by atoms with Crippen LogP contribution >= 0.6 is 0 Å². The SMILES string of the molecule is CC(C)CN(Cc1ncc[nH]1)[C@@H]1COC[C@@H](O)[C@H]1O. The Bertz CT molecular complexity index is 369. The van der Waals surface area contributed by atoms with Crippen LogP contribution in [0.3, 0.4) is 0 Å². The van der Waals surface area contributed by atoms with Gasteiger partial charge >= 0.3 is 0 Å². The summed E-state index contributed by atoms with van der Waals surface area (Å²) in [5.74, 6) is 1.31. The average Bonchev–Trinajstić information content (AvgIpc) is 2.84. The van der Waals surface area contributed by atoms with Gasteiger partial charge in [-0.25, -0.2) is 4.98 Å². The predicted octanol–water partition coefficient (Wildman–Crippen LogP) is -0.0117. The van der Waals surface area contributed by atoms with Gasteiger partial charge in [-0.05, 0) is 5.92 Å². The number of aromatic nitrogens is 2. The number of imidazole rings is 1. The number of hydrogen-bond acceptors (Lipinski definition) is 5. The van der Waals surface area contributed by atoms with Crippen molar-refractivity contribution >= 4 is 0 Å². The van der Waals surface area contributed by atoms with E-state index < -0.39 is 12.2 Å². The fourth-order valence-electron chi connectivity index (χ4n) is 2.45. The molecule has 1 aromatic rings. The van der Waals surface area contributed by atoms with Crippen LogP contribution in [0.5, 0.6) is 0 Å². The summed E-state index contributed by atoms with van der Waals surface area (Å²) >= 11 is 0. The van der Waals surface area contributed by atoms with E-state index >= 15 is 0 Å². The van der Waals surface area contributed by atoms with Crippen molar-refractivity contribution in [1.29, 1.82) is 0 Å². The molecule has 2 rings (SSSR count). The third kappa shape index (κ3) is 3.76. The lowest BCUT2D eigenvalue weighted by Gasteiger charge is -2.39. The molecule has 0 spiro atoms.